The highest BCUT2D eigenvalue weighted by Crippen LogP contribution is 2.22. The summed E-state index contributed by atoms with van der Waals surface area (Å²) < 4.78 is 1.19. The highest BCUT2D eigenvalue weighted by Gasteiger charge is 2.07. The SMILES string of the molecule is CCCC(CCO)CNCc1sccc1Br. The predicted octanol–water partition coefficient (Wildman–Crippen LogP) is 3.40. The molecule has 2 N–H and O–H groups in total. The van der Waals surface area contributed by atoms with Crippen LogP contribution in [0.5, 0.6) is 0 Å². The number of thiophene rings is 1. The molecular weight excluding hydrogens is 286 g/mol. The molecule has 4 heteroatoms. The lowest BCUT2D eigenvalue weighted by molar-refractivity contribution is 0.248. The number of rotatable bonds is 8. The van der Waals surface area contributed by atoms with E-state index < -0.39 is 0 Å². The molecule has 0 radical (unpaired) electrons. The summed E-state index contributed by atoms with van der Waals surface area (Å²) in [5.41, 5.74) is 0. The fourth-order valence-corrected chi connectivity index (χ4v) is 3.24. The first-order valence-corrected chi connectivity index (χ1v) is 7.48. The average molecular weight is 306 g/mol. The van der Waals surface area contributed by atoms with Gasteiger partial charge in [0.1, 0.15) is 0 Å². The van der Waals surface area contributed by atoms with Gasteiger partial charge in [0.25, 0.3) is 0 Å². The van der Waals surface area contributed by atoms with Gasteiger partial charge in [-0.3, -0.25) is 0 Å². The van der Waals surface area contributed by atoms with Gasteiger partial charge in [0.15, 0.2) is 0 Å². The number of aliphatic hydroxyl groups is 1. The third-order valence-electron chi connectivity index (χ3n) is 2.64. The smallest absolute Gasteiger partial charge is 0.0434 e. The molecule has 0 fully saturated rings. The van der Waals surface area contributed by atoms with Crippen LogP contribution < -0.4 is 5.32 Å². The second-order valence-corrected chi connectivity index (χ2v) is 5.84. The van der Waals surface area contributed by atoms with Crippen LogP contribution in [0.3, 0.4) is 0 Å². The van der Waals surface area contributed by atoms with Crippen molar-refractivity contribution >= 4 is 27.3 Å². The Bertz CT molecular complexity index is 284. The van der Waals surface area contributed by atoms with E-state index in [9.17, 15) is 0 Å². The first-order chi connectivity index (χ1) is 7.77. The summed E-state index contributed by atoms with van der Waals surface area (Å²) in [6.07, 6.45) is 3.29. The Hall–Kier alpha value is 0.100. The monoisotopic (exact) mass is 305 g/mol. The highest BCUT2D eigenvalue weighted by molar-refractivity contribution is 9.10. The molecule has 2 nitrogen and oxygen atoms in total. The Morgan fingerprint density at radius 2 is 2.31 bits per heavy atom. The summed E-state index contributed by atoms with van der Waals surface area (Å²) in [5.74, 6) is 0.605. The Balaban J connectivity index is 2.24. The third kappa shape index (κ3) is 4.95. The van der Waals surface area contributed by atoms with Crippen LogP contribution in [0.1, 0.15) is 31.1 Å². The van der Waals surface area contributed by atoms with E-state index in [0.29, 0.717) is 12.5 Å². The van der Waals surface area contributed by atoms with Crippen molar-refractivity contribution < 1.29 is 5.11 Å². The van der Waals surface area contributed by atoms with Gasteiger partial charge in [0.2, 0.25) is 0 Å². The van der Waals surface area contributed by atoms with E-state index in [1.807, 2.05) is 0 Å². The topological polar surface area (TPSA) is 32.3 Å². The molecule has 0 aromatic carbocycles. The van der Waals surface area contributed by atoms with E-state index in [0.717, 1.165) is 19.5 Å². The number of nitrogens with one attached hydrogen (secondary N) is 1. The van der Waals surface area contributed by atoms with Crippen molar-refractivity contribution in [2.24, 2.45) is 5.92 Å². The van der Waals surface area contributed by atoms with Gasteiger partial charge in [-0.25, -0.2) is 0 Å². The van der Waals surface area contributed by atoms with Gasteiger partial charge >= 0.3 is 0 Å². The quantitative estimate of drug-likeness (QED) is 0.771. The van der Waals surface area contributed by atoms with Crippen molar-refractivity contribution in [3.05, 3.63) is 20.8 Å². The van der Waals surface area contributed by atoms with Crippen LogP contribution in [-0.4, -0.2) is 18.3 Å². The zero-order chi connectivity index (χ0) is 11.8. The van der Waals surface area contributed by atoms with Gasteiger partial charge in [-0.05, 0) is 52.7 Å². The Labute approximate surface area is 110 Å². The number of hydrogen-bond donors (Lipinski definition) is 2. The Morgan fingerprint density at radius 1 is 1.50 bits per heavy atom. The molecule has 1 unspecified atom stereocenters. The van der Waals surface area contributed by atoms with E-state index in [1.165, 1.54) is 22.2 Å². The van der Waals surface area contributed by atoms with Crippen molar-refractivity contribution in [1.82, 2.24) is 5.32 Å². The van der Waals surface area contributed by atoms with Crippen molar-refractivity contribution in [2.75, 3.05) is 13.2 Å². The van der Waals surface area contributed by atoms with Crippen LogP contribution in [0.2, 0.25) is 0 Å². The van der Waals surface area contributed by atoms with E-state index in [-0.39, 0.29) is 0 Å². The van der Waals surface area contributed by atoms with Crippen molar-refractivity contribution in [3.63, 3.8) is 0 Å². The third-order valence-corrected chi connectivity index (χ3v) is 4.57. The first-order valence-electron chi connectivity index (χ1n) is 5.81. The molecule has 0 saturated carbocycles. The second-order valence-electron chi connectivity index (χ2n) is 3.99. The zero-order valence-corrected chi connectivity index (χ0v) is 12.1. The highest BCUT2D eigenvalue weighted by atomic mass is 79.9. The van der Waals surface area contributed by atoms with E-state index in [2.05, 4.69) is 39.6 Å². The molecule has 0 aliphatic carbocycles. The average Bonchev–Trinajstić information content (AvgIpc) is 2.65. The van der Waals surface area contributed by atoms with Crippen LogP contribution in [0.25, 0.3) is 0 Å². The van der Waals surface area contributed by atoms with E-state index >= 15 is 0 Å². The maximum absolute atomic E-state index is 8.96. The molecular formula is C12H20BrNOS. The molecule has 1 heterocycles. The molecule has 0 aliphatic heterocycles. The van der Waals surface area contributed by atoms with Crippen LogP contribution in [-0.2, 0) is 6.54 Å². The summed E-state index contributed by atoms with van der Waals surface area (Å²) in [6, 6.07) is 2.08. The van der Waals surface area contributed by atoms with Crippen molar-refractivity contribution in [3.8, 4) is 0 Å². The molecule has 0 aliphatic rings. The Kier molecular flexibility index (Phi) is 7.28. The molecule has 0 amide bonds. The molecule has 0 bridgehead atoms. The minimum Gasteiger partial charge on any atom is -0.396 e. The summed E-state index contributed by atoms with van der Waals surface area (Å²) >= 11 is 5.29. The minimum atomic E-state index is 0.301. The Morgan fingerprint density at radius 3 is 2.88 bits per heavy atom. The molecule has 1 aromatic rings. The van der Waals surface area contributed by atoms with Crippen LogP contribution in [0.15, 0.2) is 15.9 Å². The van der Waals surface area contributed by atoms with E-state index in [4.69, 9.17) is 5.11 Å². The molecule has 16 heavy (non-hydrogen) atoms. The summed E-state index contributed by atoms with van der Waals surface area (Å²) in [6.45, 7) is 4.41. The lowest BCUT2D eigenvalue weighted by atomic mass is 10.0. The molecule has 1 aromatic heterocycles. The molecule has 92 valence electrons. The van der Waals surface area contributed by atoms with Crippen LogP contribution in [0.4, 0.5) is 0 Å². The maximum Gasteiger partial charge on any atom is 0.0434 e. The summed E-state index contributed by atoms with van der Waals surface area (Å²) in [5, 5.41) is 14.5. The summed E-state index contributed by atoms with van der Waals surface area (Å²) in [7, 11) is 0. The van der Waals surface area contributed by atoms with Crippen LogP contribution >= 0.6 is 27.3 Å². The summed E-state index contributed by atoms with van der Waals surface area (Å²) in [4.78, 5) is 1.35. The molecule has 1 rings (SSSR count). The number of aliphatic hydroxyl groups excluding tert-OH is 1. The van der Waals surface area contributed by atoms with Gasteiger partial charge in [-0.2, -0.15) is 0 Å². The number of halogens is 1. The first kappa shape index (κ1) is 14.2. The van der Waals surface area contributed by atoms with Gasteiger partial charge in [-0.1, -0.05) is 13.3 Å². The standard InChI is InChI=1S/C12H20BrNOS/c1-2-3-10(4-6-15)8-14-9-12-11(13)5-7-16-12/h5,7,10,14-15H,2-4,6,8-9H2,1H3. The predicted molar refractivity (Wildman–Crippen MR) is 73.8 cm³/mol. The largest absolute Gasteiger partial charge is 0.396 e. The van der Waals surface area contributed by atoms with Crippen LogP contribution in [0, 0.1) is 5.92 Å². The van der Waals surface area contributed by atoms with Crippen molar-refractivity contribution in [1.29, 1.82) is 0 Å². The molecule has 0 spiro atoms. The van der Waals surface area contributed by atoms with Gasteiger partial charge in [0, 0.05) is 22.5 Å². The zero-order valence-electron chi connectivity index (χ0n) is 9.71. The lowest BCUT2D eigenvalue weighted by Gasteiger charge is -2.15. The second kappa shape index (κ2) is 8.23. The fourth-order valence-electron chi connectivity index (χ4n) is 1.78. The molecule has 1 atom stereocenters. The lowest BCUT2D eigenvalue weighted by Crippen LogP contribution is -2.23. The minimum absolute atomic E-state index is 0.301. The van der Waals surface area contributed by atoms with Crippen molar-refractivity contribution in [2.45, 2.75) is 32.7 Å². The van der Waals surface area contributed by atoms with Gasteiger partial charge in [0.05, 0.1) is 0 Å². The van der Waals surface area contributed by atoms with E-state index in [1.54, 1.807) is 11.3 Å². The maximum atomic E-state index is 8.96. The van der Waals surface area contributed by atoms with Gasteiger partial charge < -0.3 is 10.4 Å². The van der Waals surface area contributed by atoms with Gasteiger partial charge in [-0.15, -0.1) is 11.3 Å². The number of hydrogen-bond acceptors (Lipinski definition) is 3. The fraction of sp³-hybridized carbons (Fsp3) is 0.667. The normalized spacial score (nSPS) is 12.9. The molecule has 0 saturated heterocycles.